The van der Waals surface area contributed by atoms with Gasteiger partial charge in [-0.25, -0.2) is 4.73 Å². The Morgan fingerprint density at radius 2 is 2.10 bits per heavy atom. The molecule has 0 amide bonds. The first-order valence-corrected chi connectivity index (χ1v) is 8.83. The number of carbonyl (C=O) groups excluding carboxylic acids is 1. The van der Waals surface area contributed by atoms with Gasteiger partial charge in [0.15, 0.2) is 5.52 Å². The summed E-state index contributed by atoms with van der Waals surface area (Å²) in [5.41, 5.74) is 0.0534. The van der Waals surface area contributed by atoms with Crippen molar-refractivity contribution >= 4 is 23.0 Å². The standard InChI is InChI=1S/C17H18F3N5O5/c1-29-11-2-3-13-14(8-11)24(27)16(22-25(13)28)21-6-4-15(26)30-12-5-7-23(9-12)10-17(18,19)20/h2-3,8-9H,4-7,10H2,1H3,(H,21,22). The maximum atomic E-state index is 12.4. The van der Waals surface area contributed by atoms with Crippen LogP contribution >= 0.6 is 0 Å². The number of carbonyl (C=O) groups is 1. The van der Waals surface area contributed by atoms with E-state index in [2.05, 4.69) is 10.4 Å². The van der Waals surface area contributed by atoms with E-state index in [0.717, 1.165) is 11.1 Å². The molecule has 1 aromatic heterocycles. The van der Waals surface area contributed by atoms with E-state index in [-0.39, 0.29) is 53.5 Å². The summed E-state index contributed by atoms with van der Waals surface area (Å²) in [4.78, 5) is 13.2. The third-order valence-electron chi connectivity index (χ3n) is 4.20. The molecule has 1 aromatic carbocycles. The zero-order valence-electron chi connectivity index (χ0n) is 15.8. The van der Waals surface area contributed by atoms with Crippen molar-refractivity contribution in [2.75, 3.05) is 32.1 Å². The molecule has 0 spiro atoms. The minimum atomic E-state index is -4.34. The van der Waals surface area contributed by atoms with E-state index in [1.165, 1.54) is 25.3 Å². The number of methoxy groups -OCH3 is 1. The Hall–Kier alpha value is -3.51. The molecular weight excluding hydrogens is 411 g/mol. The first-order chi connectivity index (χ1) is 14.2. The Kier molecular flexibility index (Phi) is 5.99. The zero-order chi connectivity index (χ0) is 21.9. The van der Waals surface area contributed by atoms with Gasteiger partial charge >= 0.3 is 18.1 Å². The van der Waals surface area contributed by atoms with E-state index in [0.29, 0.717) is 10.5 Å². The molecule has 162 valence electrons. The van der Waals surface area contributed by atoms with Crippen molar-refractivity contribution < 1.29 is 37.0 Å². The summed E-state index contributed by atoms with van der Waals surface area (Å²) in [5.74, 6) is -0.513. The topological polar surface area (TPSA) is 118 Å². The quantitative estimate of drug-likeness (QED) is 0.393. The summed E-state index contributed by atoms with van der Waals surface area (Å²) in [6, 6.07) is 4.27. The second-order valence-electron chi connectivity index (χ2n) is 6.43. The summed E-state index contributed by atoms with van der Waals surface area (Å²) >= 11 is 0. The van der Waals surface area contributed by atoms with Gasteiger partial charge in [0.1, 0.15) is 18.1 Å². The number of hydrogen-bond acceptors (Lipinski definition) is 8. The van der Waals surface area contributed by atoms with Gasteiger partial charge in [0.25, 0.3) is 5.52 Å². The van der Waals surface area contributed by atoms with Crippen molar-refractivity contribution in [2.45, 2.75) is 19.0 Å². The van der Waals surface area contributed by atoms with Gasteiger partial charge in [0, 0.05) is 36.1 Å². The van der Waals surface area contributed by atoms with E-state index >= 15 is 0 Å². The third kappa shape index (κ3) is 5.10. The van der Waals surface area contributed by atoms with Crippen molar-refractivity contribution in [3.63, 3.8) is 0 Å². The number of aromatic nitrogens is 3. The number of halogens is 3. The first-order valence-electron chi connectivity index (χ1n) is 8.83. The van der Waals surface area contributed by atoms with Gasteiger partial charge in [-0.2, -0.15) is 13.2 Å². The van der Waals surface area contributed by atoms with Crippen LogP contribution in [-0.4, -0.2) is 48.9 Å². The van der Waals surface area contributed by atoms with Crippen LogP contribution in [0.2, 0.25) is 0 Å². The lowest BCUT2D eigenvalue weighted by Crippen LogP contribution is -2.44. The Labute approximate surface area is 168 Å². The maximum absolute atomic E-state index is 12.4. The van der Waals surface area contributed by atoms with Gasteiger partial charge in [-0.05, 0) is 6.07 Å². The minimum absolute atomic E-state index is 0.0188. The summed E-state index contributed by atoms with van der Waals surface area (Å²) < 4.78 is 47.6. The number of benzene rings is 1. The van der Waals surface area contributed by atoms with Crippen LogP contribution in [0.5, 0.6) is 5.75 Å². The molecule has 0 saturated carbocycles. The summed E-state index contributed by atoms with van der Waals surface area (Å²) in [6.45, 7) is -1.10. The summed E-state index contributed by atoms with van der Waals surface area (Å²) in [6.07, 6.45) is -3.21. The van der Waals surface area contributed by atoms with Crippen molar-refractivity contribution in [2.24, 2.45) is 0 Å². The van der Waals surface area contributed by atoms with Crippen LogP contribution in [0.1, 0.15) is 12.8 Å². The van der Waals surface area contributed by atoms with E-state index in [4.69, 9.17) is 9.47 Å². The highest BCUT2D eigenvalue weighted by atomic mass is 19.4. The number of ether oxygens (including phenoxy) is 2. The SMILES string of the molecule is COc1ccc2c(c1)[n+]([O-])c(NCCC(=O)OC1=CN(CC(F)(F)F)CC1)n[n+]2[O-]. The predicted octanol–water partition coefficient (Wildman–Crippen LogP) is 0.965. The normalized spacial score (nSPS) is 14.0. The van der Waals surface area contributed by atoms with Gasteiger partial charge in [0.05, 0.1) is 20.1 Å². The van der Waals surface area contributed by atoms with Gasteiger partial charge in [-0.15, -0.1) is 0 Å². The number of rotatable bonds is 7. The molecule has 0 saturated heterocycles. The van der Waals surface area contributed by atoms with Gasteiger partial charge < -0.3 is 24.8 Å². The minimum Gasteiger partial charge on any atom is -0.739 e. The number of nitrogens with zero attached hydrogens (tertiary/aromatic N) is 4. The monoisotopic (exact) mass is 429 g/mol. The molecule has 0 unspecified atom stereocenters. The smallest absolute Gasteiger partial charge is 0.460 e. The van der Waals surface area contributed by atoms with Gasteiger partial charge in [0.2, 0.25) is 5.10 Å². The molecule has 30 heavy (non-hydrogen) atoms. The molecule has 2 heterocycles. The summed E-state index contributed by atoms with van der Waals surface area (Å²) in [5, 5.41) is 30.6. The van der Waals surface area contributed by atoms with E-state index in [1.807, 2.05) is 0 Å². The van der Waals surface area contributed by atoms with Crippen LogP contribution in [0.15, 0.2) is 30.2 Å². The Balaban J connectivity index is 1.57. The van der Waals surface area contributed by atoms with Crippen LogP contribution in [0.25, 0.3) is 11.0 Å². The number of fused-ring (bicyclic) bond motifs is 1. The van der Waals surface area contributed by atoms with Crippen molar-refractivity contribution in [1.29, 1.82) is 0 Å². The number of nitrogens with one attached hydrogen (secondary N) is 1. The van der Waals surface area contributed by atoms with Crippen LogP contribution < -0.4 is 19.6 Å². The van der Waals surface area contributed by atoms with Crippen LogP contribution in [0.3, 0.4) is 0 Å². The fourth-order valence-corrected chi connectivity index (χ4v) is 2.85. The number of alkyl halides is 3. The van der Waals surface area contributed by atoms with Crippen molar-refractivity contribution in [3.05, 3.63) is 40.6 Å². The molecule has 2 aromatic rings. The number of anilines is 1. The Morgan fingerprint density at radius 1 is 1.33 bits per heavy atom. The average Bonchev–Trinajstić information content (AvgIpc) is 3.09. The largest absolute Gasteiger partial charge is 0.739 e. The average molecular weight is 429 g/mol. The van der Waals surface area contributed by atoms with E-state index in [1.54, 1.807) is 0 Å². The molecular formula is C17H18F3N5O5. The predicted molar refractivity (Wildman–Crippen MR) is 95.7 cm³/mol. The molecule has 0 fully saturated rings. The second-order valence-corrected chi connectivity index (χ2v) is 6.43. The van der Waals surface area contributed by atoms with Crippen LogP contribution in [0.4, 0.5) is 19.1 Å². The molecule has 1 N–H and O–H groups in total. The van der Waals surface area contributed by atoms with E-state index in [9.17, 15) is 28.4 Å². The maximum Gasteiger partial charge on any atom is 0.460 e. The molecule has 3 rings (SSSR count). The van der Waals surface area contributed by atoms with Gasteiger partial charge in [-0.3, -0.25) is 10.1 Å². The number of esters is 1. The summed E-state index contributed by atoms with van der Waals surface area (Å²) in [7, 11) is 1.41. The fourth-order valence-electron chi connectivity index (χ4n) is 2.85. The molecule has 0 radical (unpaired) electrons. The molecule has 0 atom stereocenters. The molecule has 10 nitrogen and oxygen atoms in total. The van der Waals surface area contributed by atoms with Crippen molar-refractivity contribution in [3.8, 4) is 5.75 Å². The van der Waals surface area contributed by atoms with Crippen molar-refractivity contribution in [1.82, 2.24) is 10.00 Å². The van der Waals surface area contributed by atoms with E-state index < -0.39 is 18.7 Å². The highest BCUT2D eigenvalue weighted by molar-refractivity contribution is 5.71. The molecule has 0 aliphatic carbocycles. The lowest BCUT2D eigenvalue weighted by Gasteiger charge is -2.16. The Morgan fingerprint density at radius 3 is 2.80 bits per heavy atom. The second kappa shape index (κ2) is 8.47. The number of hydrogen-bond donors (Lipinski definition) is 1. The Bertz CT molecular complexity index is 982. The molecule has 13 heteroatoms. The molecule has 0 bridgehead atoms. The van der Waals surface area contributed by atoms with Crippen LogP contribution in [0, 0.1) is 10.4 Å². The highest BCUT2D eigenvalue weighted by Gasteiger charge is 2.32. The molecule has 1 aliphatic rings. The third-order valence-corrected chi connectivity index (χ3v) is 4.20. The lowest BCUT2D eigenvalue weighted by molar-refractivity contribution is -0.672. The fraction of sp³-hybridized carbons (Fsp3) is 0.412. The van der Waals surface area contributed by atoms with Gasteiger partial charge in [-0.1, -0.05) is 0 Å². The lowest BCUT2D eigenvalue weighted by atomic mass is 10.3. The first kappa shape index (κ1) is 21.2. The van der Waals surface area contributed by atoms with Crippen LogP contribution in [-0.2, 0) is 9.53 Å². The molecule has 1 aliphatic heterocycles. The zero-order valence-corrected chi connectivity index (χ0v) is 15.8. The highest BCUT2D eigenvalue weighted by Crippen LogP contribution is 2.22.